The highest BCUT2D eigenvalue weighted by Crippen LogP contribution is 2.24. The molecule has 1 N–H and O–H groups in total. The van der Waals surface area contributed by atoms with Crippen molar-refractivity contribution in [2.75, 3.05) is 12.8 Å². The Hall–Kier alpha value is -1.03. The van der Waals surface area contributed by atoms with E-state index in [-0.39, 0.29) is 0 Å². The number of nitrogens with one attached hydrogen (secondary N) is 1. The van der Waals surface area contributed by atoms with Crippen LogP contribution in [0.1, 0.15) is 30.5 Å². The van der Waals surface area contributed by atoms with Gasteiger partial charge in [0, 0.05) is 18.0 Å². The molecule has 2 aromatic rings. The van der Waals surface area contributed by atoms with Gasteiger partial charge in [0.2, 0.25) is 0 Å². The average molecular weight is 321 g/mol. The van der Waals surface area contributed by atoms with Crippen LogP contribution in [0.3, 0.4) is 0 Å². The summed E-state index contributed by atoms with van der Waals surface area (Å²) in [5.41, 5.74) is 2.72. The molecule has 1 unspecified atom stereocenters. The molecule has 0 saturated carbocycles. The lowest BCUT2D eigenvalue weighted by atomic mass is 10.0. The highest BCUT2D eigenvalue weighted by Gasteiger charge is 2.10. The van der Waals surface area contributed by atoms with Gasteiger partial charge < -0.3 is 5.32 Å². The molecular weight excluding hydrogens is 300 g/mol. The van der Waals surface area contributed by atoms with Gasteiger partial charge >= 0.3 is 0 Å². The zero-order valence-corrected chi connectivity index (χ0v) is 14.0. The Balaban J connectivity index is 1.97. The molecule has 0 aliphatic carbocycles. The summed E-state index contributed by atoms with van der Waals surface area (Å²) in [6.45, 7) is 2.21. The van der Waals surface area contributed by atoms with Gasteiger partial charge in [-0.05, 0) is 36.7 Å². The van der Waals surface area contributed by atoms with Gasteiger partial charge in [-0.3, -0.25) is 0 Å². The van der Waals surface area contributed by atoms with Crippen LogP contribution in [0.25, 0.3) is 0 Å². The van der Waals surface area contributed by atoms with Crippen LogP contribution in [0.5, 0.6) is 0 Å². The summed E-state index contributed by atoms with van der Waals surface area (Å²) in [5.74, 6) is 0.943. The van der Waals surface area contributed by atoms with Gasteiger partial charge in [-0.25, -0.2) is 4.98 Å². The van der Waals surface area contributed by atoms with Crippen molar-refractivity contribution in [2.24, 2.45) is 0 Å². The van der Waals surface area contributed by atoms with Crippen molar-refractivity contribution in [2.45, 2.75) is 30.8 Å². The Kier molecular flexibility index (Phi) is 6.55. The second-order valence-corrected chi connectivity index (χ2v) is 6.44. The van der Waals surface area contributed by atoms with Gasteiger partial charge in [0.05, 0.1) is 10.0 Å². The van der Waals surface area contributed by atoms with Crippen LogP contribution in [-0.2, 0) is 6.42 Å². The number of hydrogen-bond acceptors (Lipinski definition) is 3. The van der Waals surface area contributed by atoms with E-state index in [1.807, 2.05) is 19.2 Å². The van der Waals surface area contributed by atoms with Crippen molar-refractivity contribution in [3.63, 3.8) is 0 Å². The van der Waals surface area contributed by atoms with Crippen LogP contribution < -0.4 is 5.32 Å². The molecule has 1 aromatic carbocycles. The van der Waals surface area contributed by atoms with E-state index < -0.39 is 0 Å². The molecule has 4 heteroatoms. The first kappa shape index (κ1) is 16.3. The first-order valence-corrected chi connectivity index (χ1v) is 8.59. The maximum atomic E-state index is 5.85. The fraction of sp³-hybridized carbons (Fsp3) is 0.353. The number of thioether (sulfide) groups is 1. The largest absolute Gasteiger partial charge is 0.312 e. The van der Waals surface area contributed by atoms with Crippen LogP contribution in [0.4, 0.5) is 0 Å². The van der Waals surface area contributed by atoms with E-state index in [4.69, 9.17) is 11.6 Å². The molecule has 0 aliphatic rings. The third-order valence-electron chi connectivity index (χ3n) is 3.37. The first-order valence-electron chi connectivity index (χ1n) is 7.23. The summed E-state index contributed by atoms with van der Waals surface area (Å²) < 4.78 is 0. The lowest BCUT2D eigenvalue weighted by molar-refractivity contribution is 0.661. The molecule has 0 amide bonds. The lowest BCUT2D eigenvalue weighted by Gasteiger charge is -2.16. The number of aryl methyl sites for hydroxylation is 1. The van der Waals surface area contributed by atoms with E-state index in [0.717, 1.165) is 17.2 Å². The number of hydrogen-bond donors (Lipinski definition) is 1. The van der Waals surface area contributed by atoms with Crippen LogP contribution in [-0.4, -0.2) is 17.8 Å². The summed E-state index contributed by atoms with van der Waals surface area (Å²) in [4.78, 5) is 4.32. The summed E-state index contributed by atoms with van der Waals surface area (Å²) in [6, 6.07) is 13.1. The van der Waals surface area contributed by atoms with E-state index in [1.54, 1.807) is 18.0 Å². The number of benzene rings is 1. The predicted molar refractivity (Wildman–Crippen MR) is 92.2 cm³/mol. The van der Waals surface area contributed by atoms with Crippen molar-refractivity contribution < 1.29 is 0 Å². The Morgan fingerprint density at radius 3 is 2.52 bits per heavy atom. The third-order valence-corrected chi connectivity index (χ3v) is 4.63. The van der Waals surface area contributed by atoms with E-state index in [9.17, 15) is 0 Å². The van der Waals surface area contributed by atoms with Gasteiger partial charge in [0.15, 0.2) is 0 Å². The second kappa shape index (κ2) is 8.42. The number of pyridine rings is 1. The Morgan fingerprint density at radius 2 is 1.95 bits per heavy atom. The van der Waals surface area contributed by atoms with Crippen LogP contribution >= 0.6 is 23.4 Å². The summed E-state index contributed by atoms with van der Waals surface area (Å²) in [7, 11) is 2.00. The molecule has 0 bridgehead atoms. The SMILES string of the molecule is CCCc1ccc(C(CSc2ccc(Cl)cn2)NC)cc1. The molecule has 1 aromatic heterocycles. The zero-order chi connectivity index (χ0) is 15.1. The lowest BCUT2D eigenvalue weighted by Crippen LogP contribution is -2.18. The van der Waals surface area contributed by atoms with Crippen LogP contribution in [0, 0.1) is 0 Å². The van der Waals surface area contributed by atoms with Gasteiger partial charge in [-0.1, -0.05) is 49.2 Å². The molecule has 21 heavy (non-hydrogen) atoms. The van der Waals surface area contributed by atoms with Crippen molar-refractivity contribution >= 4 is 23.4 Å². The molecule has 0 saturated heterocycles. The van der Waals surface area contributed by atoms with E-state index >= 15 is 0 Å². The van der Waals surface area contributed by atoms with Crippen molar-refractivity contribution in [1.82, 2.24) is 10.3 Å². The van der Waals surface area contributed by atoms with E-state index in [0.29, 0.717) is 11.1 Å². The second-order valence-electron chi connectivity index (χ2n) is 4.96. The highest BCUT2D eigenvalue weighted by atomic mass is 35.5. The predicted octanol–water partition coefficient (Wildman–Crippen LogP) is 4.74. The normalized spacial score (nSPS) is 12.3. The van der Waals surface area contributed by atoms with Crippen molar-refractivity contribution in [3.05, 3.63) is 58.7 Å². The summed E-state index contributed by atoms with van der Waals surface area (Å²) in [6.07, 6.45) is 4.03. The fourth-order valence-corrected chi connectivity index (χ4v) is 3.27. The Bertz CT molecular complexity index is 540. The van der Waals surface area contributed by atoms with E-state index in [2.05, 4.69) is 41.5 Å². The van der Waals surface area contributed by atoms with Gasteiger partial charge in [-0.2, -0.15) is 0 Å². The topological polar surface area (TPSA) is 24.9 Å². The van der Waals surface area contributed by atoms with Crippen LogP contribution in [0.2, 0.25) is 5.02 Å². The third kappa shape index (κ3) is 5.03. The van der Waals surface area contributed by atoms with Gasteiger partial charge in [-0.15, -0.1) is 11.8 Å². The Morgan fingerprint density at radius 1 is 1.19 bits per heavy atom. The maximum absolute atomic E-state index is 5.85. The minimum Gasteiger partial charge on any atom is -0.312 e. The number of nitrogens with zero attached hydrogens (tertiary/aromatic N) is 1. The van der Waals surface area contributed by atoms with Crippen molar-refractivity contribution in [1.29, 1.82) is 0 Å². The molecule has 0 aliphatic heterocycles. The molecule has 0 spiro atoms. The molecule has 0 radical (unpaired) electrons. The molecule has 112 valence electrons. The number of halogens is 1. The number of aromatic nitrogens is 1. The zero-order valence-electron chi connectivity index (χ0n) is 12.5. The number of rotatable bonds is 7. The minimum absolute atomic E-state index is 0.322. The molecule has 0 fully saturated rings. The molecule has 1 atom stereocenters. The molecule has 1 heterocycles. The minimum atomic E-state index is 0.322. The van der Waals surface area contributed by atoms with Crippen molar-refractivity contribution in [3.8, 4) is 0 Å². The molecular formula is C17H21ClN2S. The summed E-state index contributed by atoms with van der Waals surface area (Å²) in [5, 5.41) is 5.06. The maximum Gasteiger partial charge on any atom is 0.0961 e. The highest BCUT2D eigenvalue weighted by molar-refractivity contribution is 7.99. The molecule has 2 nitrogen and oxygen atoms in total. The summed E-state index contributed by atoms with van der Waals surface area (Å²) >= 11 is 7.59. The molecule has 2 rings (SSSR count). The fourth-order valence-electron chi connectivity index (χ4n) is 2.17. The standard InChI is InChI=1S/C17H21ClN2S/c1-3-4-13-5-7-14(8-6-13)16(19-2)12-21-17-10-9-15(18)11-20-17/h5-11,16,19H,3-4,12H2,1-2H3. The first-order chi connectivity index (χ1) is 10.2. The monoisotopic (exact) mass is 320 g/mol. The van der Waals surface area contributed by atoms with Gasteiger partial charge in [0.1, 0.15) is 0 Å². The Labute approximate surface area is 136 Å². The average Bonchev–Trinajstić information content (AvgIpc) is 2.51. The van der Waals surface area contributed by atoms with E-state index in [1.165, 1.54) is 17.5 Å². The quantitative estimate of drug-likeness (QED) is 0.746. The van der Waals surface area contributed by atoms with Gasteiger partial charge in [0.25, 0.3) is 0 Å². The smallest absolute Gasteiger partial charge is 0.0961 e. The van der Waals surface area contributed by atoms with Crippen LogP contribution in [0.15, 0.2) is 47.6 Å².